The van der Waals surface area contributed by atoms with Crippen molar-refractivity contribution in [2.75, 3.05) is 14.2 Å². The highest BCUT2D eigenvalue weighted by molar-refractivity contribution is 8.87. The molecule has 0 saturated carbocycles. The van der Waals surface area contributed by atoms with Gasteiger partial charge in [-0.3, -0.25) is 0 Å². The van der Waals surface area contributed by atoms with Gasteiger partial charge >= 0.3 is 11.8 Å². The van der Waals surface area contributed by atoms with E-state index in [4.69, 9.17) is 4.52 Å². The van der Waals surface area contributed by atoms with Crippen molar-refractivity contribution in [3.05, 3.63) is 5.51 Å². The van der Waals surface area contributed by atoms with Gasteiger partial charge in [-0.1, -0.05) is 0 Å². The van der Waals surface area contributed by atoms with Crippen molar-refractivity contribution in [2.24, 2.45) is 0 Å². The molecule has 1 rings (SSSR count). The minimum absolute atomic E-state index is 0.0624. The molecule has 0 aromatic carbocycles. The van der Waals surface area contributed by atoms with Gasteiger partial charge in [0.25, 0.3) is 0 Å². The molecule has 0 fully saturated rings. The quantitative estimate of drug-likeness (QED) is 0.579. The van der Waals surface area contributed by atoms with Gasteiger partial charge in [0.2, 0.25) is 0 Å². The van der Waals surface area contributed by atoms with Gasteiger partial charge in [0.15, 0.2) is 0 Å². The summed E-state index contributed by atoms with van der Waals surface area (Å²) in [6, 6.07) is 0.0624. The third-order valence-corrected chi connectivity index (χ3v) is 5.91. The second kappa shape index (κ2) is 5.94. The smallest absolute Gasteiger partial charge is 0.391 e. The molecule has 0 radical (unpaired) electrons. The first-order chi connectivity index (χ1) is 6.70. The van der Waals surface area contributed by atoms with E-state index in [1.54, 1.807) is 0 Å². The lowest BCUT2D eigenvalue weighted by Crippen LogP contribution is -1.88. The summed E-state index contributed by atoms with van der Waals surface area (Å²) < 4.78 is 30.0. The standard InChI is InChI=1S/C4H7N2O4PS3/c1-8-13-11(7,14-9-2)10-4-5-3-12-6-4/h3H,1-2H3. The average Bonchev–Trinajstić information content (AvgIpc) is 2.57. The van der Waals surface area contributed by atoms with E-state index in [1.165, 1.54) is 19.7 Å². The molecule has 0 N–H and O–H groups in total. The zero-order valence-electron chi connectivity index (χ0n) is 7.28. The lowest BCUT2D eigenvalue weighted by atomic mass is 11.2. The van der Waals surface area contributed by atoms with Crippen LogP contribution in [0.4, 0.5) is 0 Å². The predicted octanol–water partition coefficient (Wildman–Crippen LogP) is 2.61. The maximum Gasteiger partial charge on any atom is 0.414 e. The molecule has 14 heavy (non-hydrogen) atoms. The minimum Gasteiger partial charge on any atom is -0.391 e. The van der Waals surface area contributed by atoms with E-state index in [2.05, 4.69) is 17.7 Å². The minimum atomic E-state index is -3.14. The van der Waals surface area contributed by atoms with Crippen LogP contribution in [-0.2, 0) is 12.9 Å². The number of aromatic nitrogens is 2. The molecule has 6 nitrogen and oxygen atoms in total. The van der Waals surface area contributed by atoms with Crippen molar-refractivity contribution < 1.29 is 17.5 Å². The molecule has 1 aromatic rings. The van der Waals surface area contributed by atoms with Crippen LogP contribution in [0.3, 0.4) is 0 Å². The first-order valence-electron chi connectivity index (χ1n) is 3.21. The van der Waals surface area contributed by atoms with Gasteiger partial charge in [-0.25, -0.2) is 4.57 Å². The summed E-state index contributed by atoms with van der Waals surface area (Å²) in [5.74, 6) is -3.14. The summed E-state index contributed by atoms with van der Waals surface area (Å²) in [5, 5.41) is 0. The van der Waals surface area contributed by atoms with E-state index in [0.717, 1.165) is 11.5 Å². The lowest BCUT2D eigenvalue weighted by molar-refractivity contribution is 0.463. The third-order valence-electron chi connectivity index (χ3n) is 0.866. The van der Waals surface area contributed by atoms with Crippen molar-refractivity contribution in [3.8, 4) is 6.01 Å². The molecule has 0 spiro atoms. The Kier molecular flexibility index (Phi) is 5.21. The van der Waals surface area contributed by atoms with Crippen LogP contribution in [0.5, 0.6) is 6.01 Å². The highest BCUT2D eigenvalue weighted by atomic mass is 33.1. The maximum atomic E-state index is 11.9. The van der Waals surface area contributed by atoms with E-state index in [9.17, 15) is 4.57 Å². The molecule has 0 bridgehead atoms. The summed E-state index contributed by atoms with van der Waals surface area (Å²) in [4.78, 5) is 3.74. The molecule has 0 amide bonds. The highest BCUT2D eigenvalue weighted by Crippen LogP contribution is 2.68. The summed E-state index contributed by atoms with van der Waals surface area (Å²) in [5.41, 5.74) is 1.48. The van der Waals surface area contributed by atoms with Crippen LogP contribution in [0.15, 0.2) is 5.51 Å². The fraction of sp³-hybridized carbons (Fsp3) is 0.500. The van der Waals surface area contributed by atoms with Crippen molar-refractivity contribution in [1.82, 2.24) is 9.36 Å². The SMILES string of the molecule is COSP(=O)(Oc1ncsn1)SOC. The van der Waals surface area contributed by atoms with Crippen LogP contribution < -0.4 is 4.52 Å². The third kappa shape index (κ3) is 3.76. The zero-order valence-corrected chi connectivity index (χ0v) is 10.6. The average molecular weight is 274 g/mol. The molecule has 80 valence electrons. The largest absolute Gasteiger partial charge is 0.414 e. The molecule has 0 aliphatic carbocycles. The van der Waals surface area contributed by atoms with Crippen LogP contribution in [-0.4, -0.2) is 23.6 Å². The van der Waals surface area contributed by atoms with E-state index in [0.29, 0.717) is 23.3 Å². The normalized spacial score (nSPS) is 11.6. The van der Waals surface area contributed by atoms with E-state index >= 15 is 0 Å². The lowest BCUT2D eigenvalue weighted by Gasteiger charge is -2.11. The predicted molar refractivity (Wildman–Crippen MR) is 57.3 cm³/mol. The Morgan fingerprint density at radius 3 is 2.50 bits per heavy atom. The number of hydrogen-bond acceptors (Lipinski definition) is 9. The Labute approximate surface area is 93.3 Å². The Morgan fingerprint density at radius 2 is 2.07 bits per heavy atom. The van der Waals surface area contributed by atoms with E-state index in [1.807, 2.05) is 0 Å². The van der Waals surface area contributed by atoms with Crippen LogP contribution in [0.1, 0.15) is 0 Å². The molecule has 0 aliphatic heterocycles. The van der Waals surface area contributed by atoms with Gasteiger partial charge in [0, 0.05) is 0 Å². The summed E-state index contributed by atoms with van der Waals surface area (Å²) in [6.07, 6.45) is 0. The molecular weight excluding hydrogens is 267 g/mol. The molecule has 1 aromatic heterocycles. The first-order valence-corrected chi connectivity index (χ1v) is 8.36. The van der Waals surface area contributed by atoms with Crippen molar-refractivity contribution in [3.63, 3.8) is 0 Å². The molecule has 0 saturated heterocycles. The Bertz CT molecular complexity index is 298. The van der Waals surface area contributed by atoms with Crippen LogP contribution in [0, 0.1) is 0 Å². The number of hydrogen-bond donors (Lipinski definition) is 0. The second-order valence-electron chi connectivity index (χ2n) is 1.73. The fourth-order valence-electron chi connectivity index (χ4n) is 0.527. The van der Waals surface area contributed by atoms with Crippen molar-refractivity contribution in [2.45, 2.75) is 0 Å². The van der Waals surface area contributed by atoms with Gasteiger partial charge < -0.3 is 12.9 Å². The maximum absolute atomic E-state index is 11.9. The van der Waals surface area contributed by atoms with Crippen LogP contribution in [0.2, 0.25) is 0 Å². The van der Waals surface area contributed by atoms with Gasteiger partial charge in [-0.05, 0) is 11.5 Å². The zero-order chi connectivity index (χ0) is 10.4. The summed E-state index contributed by atoms with van der Waals surface area (Å²) in [6.45, 7) is 0. The topological polar surface area (TPSA) is 70.5 Å². The van der Waals surface area contributed by atoms with Gasteiger partial charge in [-0.15, -0.1) is 4.37 Å². The van der Waals surface area contributed by atoms with E-state index < -0.39 is 5.77 Å². The Balaban J connectivity index is 2.64. The van der Waals surface area contributed by atoms with Crippen LogP contribution in [0.25, 0.3) is 0 Å². The number of rotatable bonds is 6. The highest BCUT2D eigenvalue weighted by Gasteiger charge is 2.30. The van der Waals surface area contributed by atoms with Crippen LogP contribution >= 0.6 is 40.6 Å². The van der Waals surface area contributed by atoms with Crippen molar-refractivity contribution >= 4 is 40.6 Å². The Morgan fingerprint density at radius 1 is 1.43 bits per heavy atom. The molecule has 0 aliphatic rings. The number of nitrogens with zero attached hydrogens (tertiary/aromatic N) is 2. The summed E-state index contributed by atoms with van der Waals surface area (Å²) >= 11 is 2.50. The van der Waals surface area contributed by atoms with Gasteiger partial charge in [0.1, 0.15) is 28.8 Å². The van der Waals surface area contributed by atoms with Gasteiger partial charge in [0.05, 0.1) is 14.2 Å². The summed E-state index contributed by atoms with van der Waals surface area (Å²) in [7, 11) is 2.79. The molecule has 10 heteroatoms. The molecule has 1 heterocycles. The first kappa shape index (κ1) is 12.3. The molecule has 0 unspecified atom stereocenters. The van der Waals surface area contributed by atoms with Crippen molar-refractivity contribution in [1.29, 1.82) is 0 Å². The monoisotopic (exact) mass is 274 g/mol. The van der Waals surface area contributed by atoms with E-state index in [-0.39, 0.29) is 6.01 Å². The Hall–Kier alpha value is 0.210. The second-order valence-corrected chi connectivity index (χ2v) is 8.85. The molecular formula is C4H7N2O4PS3. The molecule has 0 atom stereocenters. The fourth-order valence-corrected chi connectivity index (χ4v) is 4.75. The van der Waals surface area contributed by atoms with Gasteiger partial charge in [-0.2, -0.15) is 4.98 Å².